The average Bonchev–Trinajstić information content (AvgIpc) is 2.84. The van der Waals surface area contributed by atoms with Gasteiger partial charge in [-0.3, -0.25) is 14.8 Å². The number of halogens is 1. The van der Waals surface area contributed by atoms with Gasteiger partial charge in [0, 0.05) is 30.7 Å². The molecule has 2 fully saturated rings. The summed E-state index contributed by atoms with van der Waals surface area (Å²) in [5, 5.41) is 3.40. The second-order valence-electron chi connectivity index (χ2n) is 9.92. The maximum atomic E-state index is 14.8. The largest absolute Gasteiger partial charge is 0.370 e. The van der Waals surface area contributed by atoms with E-state index in [1.807, 2.05) is 12.1 Å². The highest BCUT2D eigenvalue weighted by atomic mass is 19.1. The summed E-state index contributed by atoms with van der Waals surface area (Å²) >= 11 is 0. The van der Waals surface area contributed by atoms with Gasteiger partial charge in [0.25, 0.3) is 5.91 Å². The first kappa shape index (κ1) is 22.7. The molecule has 1 aromatic carbocycles. The first-order valence-corrected chi connectivity index (χ1v) is 12.3. The molecule has 1 aliphatic carbocycles. The van der Waals surface area contributed by atoms with Crippen LogP contribution in [0.4, 0.5) is 15.8 Å². The number of pyridine rings is 2. The highest BCUT2D eigenvalue weighted by Gasteiger charge is 2.28. The lowest BCUT2D eigenvalue weighted by molar-refractivity contribution is 0.102. The maximum absolute atomic E-state index is 14.8. The number of nitrogens with one attached hydrogen (secondary N) is 1. The van der Waals surface area contributed by atoms with Crippen LogP contribution in [-0.4, -0.2) is 35.0 Å². The SMILES string of the molecule is CC1CC(N)CC(c2ccncc2NC(=O)c2ccc(F)c3cc(N4CCCCC4)cnc23)C1. The number of carbonyl (C=O) groups is 1. The molecule has 3 atom stereocenters. The van der Waals surface area contributed by atoms with Gasteiger partial charge in [0.1, 0.15) is 5.82 Å². The Morgan fingerprint density at radius 2 is 1.94 bits per heavy atom. The van der Waals surface area contributed by atoms with Crippen LogP contribution in [0.5, 0.6) is 0 Å². The molecule has 1 aliphatic heterocycles. The third kappa shape index (κ3) is 4.62. The van der Waals surface area contributed by atoms with Gasteiger partial charge in [-0.1, -0.05) is 6.92 Å². The standard InChI is InChI=1S/C27H32FN5O/c1-17-11-18(13-19(29)12-17)21-7-8-30-16-25(21)32-27(34)22-5-6-24(28)23-14-20(15-31-26(22)23)33-9-3-2-4-10-33/h5-8,14-19H,2-4,9-13,29H2,1H3,(H,32,34). The number of fused-ring (bicyclic) bond motifs is 1. The molecule has 2 aliphatic rings. The van der Waals surface area contributed by atoms with E-state index >= 15 is 0 Å². The summed E-state index contributed by atoms with van der Waals surface area (Å²) in [6.45, 7) is 4.12. The number of carbonyl (C=O) groups excluding carboxylic acids is 1. The van der Waals surface area contributed by atoms with Crippen molar-refractivity contribution in [3.8, 4) is 0 Å². The molecule has 5 rings (SSSR count). The summed E-state index contributed by atoms with van der Waals surface area (Å²) in [5.74, 6) is 0.118. The third-order valence-corrected chi connectivity index (χ3v) is 7.27. The Hall–Kier alpha value is -3.06. The number of anilines is 2. The van der Waals surface area contributed by atoms with Gasteiger partial charge in [-0.25, -0.2) is 4.39 Å². The molecule has 6 nitrogen and oxygen atoms in total. The Bertz CT molecular complexity index is 1180. The van der Waals surface area contributed by atoms with E-state index < -0.39 is 0 Å². The highest BCUT2D eigenvalue weighted by molar-refractivity contribution is 6.12. The Balaban J connectivity index is 1.44. The lowest BCUT2D eigenvalue weighted by Gasteiger charge is -2.32. The smallest absolute Gasteiger partial charge is 0.257 e. The van der Waals surface area contributed by atoms with Crippen molar-refractivity contribution in [3.63, 3.8) is 0 Å². The van der Waals surface area contributed by atoms with Crippen molar-refractivity contribution < 1.29 is 9.18 Å². The van der Waals surface area contributed by atoms with Gasteiger partial charge in [-0.2, -0.15) is 0 Å². The fraction of sp³-hybridized carbons (Fsp3) is 0.444. The van der Waals surface area contributed by atoms with Crippen LogP contribution < -0.4 is 16.0 Å². The van der Waals surface area contributed by atoms with Crippen molar-refractivity contribution in [2.75, 3.05) is 23.3 Å². The van der Waals surface area contributed by atoms with E-state index in [1.165, 1.54) is 18.6 Å². The zero-order valence-corrected chi connectivity index (χ0v) is 19.6. The number of rotatable bonds is 4. The number of nitrogens with zero attached hydrogens (tertiary/aromatic N) is 3. The number of amides is 1. The normalized spacial score (nSPS) is 23.1. The quantitative estimate of drug-likeness (QED) is 0.555. The summed E-state index contributed by atoms with van der Waals surface area (Å²) in [6.07, 6.45) is 11.6. The van der Waals surface area contributed by atoms with Crippen LogP contribution in [0.1, 0.15) is 67.3 Å². The summed E-state index contributed by atoms with van der Waals surface area (Å²) in [7, 11) is 0. The van der Waals surface area contributed by atoms with Gasteiger partial charge < -0.3 is 16.0 Å². The molecular weight excluding hydrogens is 429 g/mol. The van der Waals surface area contributed by atoms with Crippen LogP contribution in [0.25, 0.3) is 10.9 Å². The number of nitrogens with two attached hydrogens (primary N) is 1. The number of hydrogen-bond acceptors (Lipinski definition) is 5. The van der Waals surface area contributed by atoms with Crippen molar-refractivity contribution in [2.24, 2.45) is 11.7 Å². The van der Waals surface area contributed by atoms with Crippen LogP contribution >= 0.6 is 0 Å². The monoisotopic (exact) mass is 461 g/mol. The van der Waals surface area contributed by atoms with Gasteiger partial charge in [-0.15, -0.1) is 0 Å². The first-order valence-electron chi connectivity index (χ1n) is 12.3. The molecule has 2 aromatic heterocycles. The molecule has 34 heavy (non-hydrogen) atoms. The Morgan fingerprint density at radius 1 is 1.12 bits per heavy atom. The predicted octanol–water partition coefficient (Wildman–Crippen LogP) is 5.24. The van der Waals surface area contributed by atoms with E-state index in [2.05, 4.69) is 27.1 Å². The van der Waals surface area contributed by atoms with Gasteiger partial charge >= 0.3 is 0 Å². The molecule has 3 unspecified atom stereocenters. The van der Waals surface area contributed by atoms with E-state index in [0.717, 1.165) is 56.4 Å². The van der Waals surface area contributed by atoms with Gasteiger partial charge in [0.2, 0.25) is 0 Å². The van der Waals surface area contributed by atoms with E-state index in [0.29, 0.717) is 28.1 Å². The molecule has 3 heterocycles. The Kier molecular flexibility index (Phi) is 6.46. The second kappa shape index (κ2) is 9.66. The topological polar surface area (TPSA) is 84.1 Å². The van der Waals surface area contributed by atoms with Crippen LogP contribution in [0.3, 0.4) is 0 Å². The van der Waals surface area contributed by atoms with Crippen molar-refractivity contribution in [2.45, 2.75) is 57.4 Å². The first-order chi connectivity index (χ1) is 16.5. The predicted molar refractivity (Wildman–Crippen MR) is 134 cm³/mol. The molecule has 3 aromatic rings. The summed E-state index contributed by atoms with van der Waals surface area (Å²) in [4.78, 5) is 24.4. The number of piperidine rings is 1. The van der Waals surface area contributed by atoms with Gasteiger partial charge in [-0.05, 0) is 80.2 Å². The van der Waals surface area contributed by atoms with Crippen LogP contribution in [-0.2, 0) is 0 Å². The van der Waals surface area contributed by atoms with E-state index in [4.69, 9.17) is 5.73 Å². The van der Waals surface area contributed by atoms with Crippen LogP contribution in [0.2, 0.25) is 0 Å². The van der Waals surface area contributed by atoms with Crippen LogP contribution in [0, 0.1) is 11.7 Å². The van der Waals surface area contributed by atoms with Crippen molar-refractivity contribution >= 4 is 28.2 Å². The molecule has 7 heteroatoms. The van der Waals surface area contributed by atoms with Crippen molar-refractivity contribution in [3.05, 3.63) is 59.8 Å². The number of hydrogen-bond donors (Lipinski definition) is 2. The molecule has 1 saturated heterocycles. The minimum absolute atomic E-state index is 0.157. The lowest BCUT2D eigenvalue weighted by Crippen LogP contribution is -2.31. The van der Waals surface area contributed by atoms with E-state index in [-0.39, 0.29) is 23.7 Å². The second-order valence-corrected chi connectivity index (χ2v) is 9.92. The molecule has 178 valence electrons. The number of benzene rings is 1. The fourth-order valence-corrected chi connectivity index (χ4v) is 5.65. The minimum Gasteiger partial charge on any atom is -0.370 e. The van der Waals surface area contributed by atoms with Crippen LogP contribution in [0.15, 0.2) is 42.9 Å². The molecule has 1 amide bonds. The lowest BCUT2D eigenvalue weighted by atomic mass is 9.76. The molecule has 0 radical (unpaired) electrons. The third-order valence-electron chi connectivity index (χ3n) is 7.27. The van der Waals surface area contributed by atoms with E-state index in [1.54, 1.807) is 18.6 Å². The average molecular weight is 462 g/mol. The molecule has 3 N–H and O–H groups in total. The maximum Gasteiger partial charge on any atom is 0.257 e. The molecule has 0 bridgehead atoms. The van der Waals surface area contributed by atoms with Gasteiger partial charge in [0.05, 0.1) is 34.8 Å². The molecule has 0 spiro atoms. The highest BCUT2D eigenvalue weighted by Crippen LogP contribution is 2.38. The summed E-state index contributed by atoms with van der Waals surface area (Å²) < 4.78 is 14.8. The summed E-state index contributed by atoms with van der Waals surface area (Å²) in [5.41, 5.74) is 9.65. The molecular formula is C27H32FN5O. The summed E-state index contributed by atoms with van der Waals surface area (Å²) in [6, 6.07) is 6.81. The Labute approximate surface area is 199 Å². The van der Waals surface area contributed by atoms with Gasteiger partial charge in [0.15, 0.2) is 0 Å². The zero-order valence-electron chi connectivity index (χ0n) is 19.6. The van der Waals surface area contributed by atoms with Crippen molar-refractivity contribution in [1.29, 1.82) is 0 Å². The van der Waals surface area contributed by atoms with Crippen molar-refractivity contribution in [1.82, 2.24) is 9.97 Å². The fourth-order valence-electron chi connectivity index (χ4n) is 5.65. The zero-order chi connectivity index (χ0) is 23.7. The Morgan fingerprint density at radius 3 is 2.74 bits per heavy atom. The number of aromatic nitrogens is 2. The minimum atomic E-state index is -0.370. The van der Waals surface area contributed by atoms with E-state index in [9.17, 15) is 9.18 Å². The molecule has 1 saturated carbocycles.